The predicted octanol–water partition coefficient (Wildman–Crippen LogP) is 3.26. The highest BCUT2D eigenvalue weighted by Crippen LogP contribution is 2.39. The van der Waals surface area contributed by atoms with Crippen LogP contribution >= 0.6 is 12.2 Å². The van der Waals surface area contributed by atoms with Crippen molar-refractivity contribution in [2.45, 2.75) is 84.2 Å². The molecular weight excluding hydrogens is 350 g/mol. The van der Waals surface area contributed by atoms with Gasteiger partial charge in [-0.2, -0.15) is 5.10 Å². The fraction of sp³-hybridized carbons (Fsp3) is 0.833. The molecule has 2 fully saturated rings. The summed E-state index contributed by atoms with van der Waals surface area (Å²) < 4.78 is 10.3. The summed E-state index contributed by atoms with van der Waals surface area (Å²) in [6, 6.07) is 0.171. The van der Waals surface area contributed by atoms with Crippen molar-refractivity contribution in [3.8, 4) is 0 Å². The van der Waals surface area contributed by atoms with Gasteiger partial charge < -0.3 is 14.6 Å². The maximum absolute atomic E-state index is 11.9. The average molecular weight is 382 g/mol. The van der Waals surface area contributed by atoms with Crippen molar-refractivity contribution in [1.82, 2.24) is 24.6 Å². The molecule has 2 heterocycles. The minimum absolute atomic E-state index is 0.171. The molecule has 0 bridgehead atoms. The number of aromatic nitrogens is 3. The van der Waals surface area contributed by atoms with Gasteiger partial charge >= 0.3 is 6.09 Å². The second-order valence-electron chi connectivity index (χ2n) is 8.34. The van der Waals surface area contributed by atoms with Gasteiger partial charge in [-0.15, -0.1) is 0 Å². The maximum atomic E-state index is 11.9. The first-order valence-electron chi connectivity index (χ1n) is 9.66. The molecule has 0 aromatic carbocycles. The number of hydrogen-bond donors (Lipinski definition) is 1. The molecule has 1 aliphatic carbocycles. The first-order chi connectivity index (χ1) is 12.3. The van der Waals surface area contributed by atoms with Crippen LogP contribution in [0.5, 0.6) is 0 Å². The second kappa shape index (κ2) is 7.68. The largest absolute Gasteiger partial charge is 0.444 e. The van der Waals surface area contributed by atoms with Crippen LogP contribution in [-0.4, -0.2) is 50.1 Å². The van der Waals surface area contributed by atoms with Crippen molar-refractivity contribution in [3.05, 3.63) is 10.6 Å². The van der Waals surface area contributed by atoms with Crippen LogP contribution in [-0.2, 0) is 18.0 Å². The number of carbonyl (C=O) groups excluding carboxylic acids is 1. The second-order valence-corrected chi connectivity index (χ2v) is 8.70. The lowest BCUT2D eigenvalue weighted by molar-refractivity contribution is 0.0470. The van der Waals surface area contributed by atoms with E-state index in [-0.39, 0.29) is 12.1 Å². The number of amides is 1. The number of hydrogen-bond acceptors (Lipinski definition) is 5. The van der Waals surface area contributed by atoms with E-state index >= 15 is 0 Å². The van der Waals surface area contributed by atoms with Gasteiger partial charge in [0.2, 0.25) is 0 Å². The molecular formula is C18H31N5O2S. The van der Waals surface area contributed by atoms with E-state index in [0.717, 1.165) is 49.7 Å². The third kappa shape index (κ3) is 4.85. The van der Waals surface area contributed by atoms with E-state index in [9.17, 15) is 4.79 Å². The number of alkyl carbamates (subject to hydrolysis) is 1. The Morgan fingerprint density at radius 1 is 1.27 bits per heavy atom. The monoisotopic (exact) mass is 381 g/mol. The van der Waals surface area contributed by atoms with Crippen LogP contribution < -0.4 is 5.32 Å². The Labute approximate surface area is 160 Å². The van der Waals surface area contributed by atoms with Gasteiger partial charge in [-0.1, -0.05) is 0 Å². The molecule has 1 saturated heterocycles. The molecule has 8 heteroatoms. The molecule has 1 saturated carbocycles. The fourth-order valence-electron chi connectivity index (χ4n) is 3.37. The Bertz CT molecular complexity index is 693. The van der Waals surface area contributed by atoms with E-state index < -0.39 is 5.60 Å². The van der Waals surface area contributed by atoms with Crippen molar-refractivity contribution in [2.24, 2.45) is 0 Å². The summed E-state index contributed by atoms with van der Waals surface area (Å²) in [5.41, 5.74) is -0.460. The summed E-state index contributed by atoms with van der Waals surface area (Å²) >= 11 is 5.62. The van der Waals surface area contributed by atoms with Crippen LogP contribution in [0.3, 0.4) is 0 Å². The summed E-state index contributed by atoms with van der Waals surface area (Å²) in [6.07, 6.45) is 3.96. The van der Waals surface area contributed by atoms with Gasteiger partial charge in [0.15, 0.2) is 4.77 Å². The van der Waals surface area contributed by atoms with E-state index in [1.54, 1.807) is 0 Å². The quantitative estimate of drug-likeness (QED) is 0.793. The van der Waals surface area contributed by atoms with Crippen LogP contribution in [0.1, 0.15) is 65.1 Å². The molecule has 2 aliphatic rings. The zero-order chi connectivity index (χ0) is 18.9. The molecule has 1 aromatic rings. The molecule has 1 N–H and O–H groups in total. The molecule has 1 aromatic heterocycles. The summed E-state index contributed by atoms with van der Waals surface area (Å²) in [5, 5.41) is 7.77. The lowest BCUT2D eigenvalue weighted by Crippen LogP contribution is -2.46. The van der Waals surface area contributed by atoms with Gasteiger partial charge in [-0.25, -0.2) is 9.48 Å². The molecule has 0 radical (unpaired) electrons. The highest BCUT2D eigenvalue weighted by atomic mass is 32.1. The lowest BCUT2D eigenvalue weighted by Gasteiger charge is -2.32. The maximum Gasteiger partial charge on any atom is 0.407 e. The standard InChI is InChI=1S/C18H31N5O2S/c1-5-22-15(13-6-7-13)20-23(17(22)26)12-21-10-8-14(9-11-21)19-16(24)25-18(2,3)4/h13-14H,5-12H2,1-4H3,(H,19,24). The van der Waals surface area contributed by atoms with Crippen molar-refractivity contribution >= 4 is 18.3 Å². The third-order valence-corrected chi connectivity index (χ3v) is 5.28. The number of likely N-dealkylation sites (tertiary alicyclic amines) is 1. The van der Waals surface area contributed by atoms with Crippen molar-refractivity contribution in [2.75, 3.05) is 13.1 Å². The zero-order valence-corrected chi connectivity index (χ0v) is 17.1. The molecule has 0 unspecified atom stereocenters. The van der Waals surface area contributed by atoms with Crippen LogP contribution in [0, 0.1) is 4.77 Å². The zero-order valence-electron chi connectivity index (χ0n) is 16.3. The van der Waals surface area contributed by atoms with E-state index in [1.807, 2.05) is 25.5 Å². The molecule has 1 amide bonds. The molecule has 3 rings (SSSR count). The highest BCUT2D eigenvalue weighted by molar-refractivity contribution is 7.71. The first-order valence-corrected chi connectivity index (χ1v) is 10.1. The lowest BCUT2D eigenvalue weighted by atomic mass is 10.1. The Hall–Kier alpha value is -1.41. The van der Waals surface area contributed by atoms with E-state index in [2.05, 4.69) is 21.7 Å². The minimum Gasteiger partial charge on any atom is -0.444 e. The summed E-state index contributed by atoms with van der Waals surface area (Å²) in [6.45, 7) is 11.2. The molecule has 0 atom stereocenters. The normalized spacial score (nSPS) is 19.5. The van der Waals surface area contributed by atoms with E-state index in [4.69, 9.17) is 22.1 Å². The van der Waals surface area contributed by atoms with Gasteiger partial charge in [0.25, 0.3) is 0 Å². The fourth-order valence-corrected chi connectivity index (χ4v) is 3.69. The Balaban J connectivity index is 1.52. The molecule has 146 valence electrons. The van der Waals surface area contributed by atoms with E-state index in [0.29, 0.717) is 5.92 Å². The Morgan fingerprint density at radius 2 is 1.92 bits per heavy atom. The minimum atomic E-state index is -0.460. The summed E-state index contributed by atoms with van der Waals surface area (Å²) in [4.78, 5) is 14.3. The molecule has 1 aliphatic heterocycles. The van der Waals surface area contributed by atoms with Gasteiger partial charge in [0.1, 0.15) is 11.4 Å². The number of rotatable bonds is 5. The smallest absolute Gasteiger partial charge is 0.407 e. The van der Waals surface area contributed by atoms with Gasteiger partial charge in [0, 0.05) is 31.6 Å². The number of nitrogens with one attached hydrogen (secondary N) is 1. The summed E-state index contributed by atoms with van der Waals surface area (Å²) in [7, 11) is 0. The number of carbonyl (C=O) groups is 1. The number of nitrogens with zero attached hydrogens (tertiary/aromatic N) is 4. The van der Waals surface area contributed by atoms with Crippen molar-refractivity contribution in [3.63, 3.8) is 0 Å². The van der Waals surface area contributed by atoms with Crippen LogP contribution in [0.25, 0.3) is 0 Å². The molecule has 26 heavy (non-hydrogen) atoms. The van der Waals surface area contributed by atoms with E-state index in [1.165, 1.54) is 12.8 Å². The number of piperidine rings is 1. The van der Waals surface area contributed by atoms with Crippen LogP contribution in [0.2, 0.25) is 0 Å². The molecule has 7 nitrogen and oxygen atoms in total. The molecule has 0 spiro atoms. The van der Waals surface area contributed by atoms with Crippen LogP contribution in [0.15, 0.2) is 0 Å². The van der Waals surface area contributed by atoms with Gasteiger partial charge in [-0.3, -0.25) is 4.90 Å². The van der Waals surface area contributed by atoms with Crippen molar-refractivity contribution < 1.29 is 9.53 Å². The van der Waals surface area contributed by atoms with Gasteiger partial charge in [0.05, 0.1) is 6.67 Å². The van der Waals surface area contributed by atoms with Crippen molar-refractivity contribution in [1.29, 1.82) is 0 Å². The Kier molecular flexibility index (Phi) is 5.72. The summed E-state index contributed by atoms with van der Waals surface area (Å²) in [5.74, 6) is 1.75. The third-order valence-electron chi connectivity index (χ3n) is 4.85. The predicted molar refractivity (Wildman–Crippen MR) is 103 cm³/mol. The van der Waals surface area contributed by atoms with Gasteiger partial charge in [-0.05, 0) is 65.6 Å². The first kappa shape index (κ1) is 19.4. The highest BCUT2D eigenvalue weighted by Gasteiger charge is 2.30. The SMILES string of the molecule is CCn1c(C2CC2)nn(CN2CCC(NC(=O)OC(C)(C)C)CC2)c1=S. The number of ether oxygens (including phenoxy) is 1. The Morgan fingerprint density at radius 3 is 2.46 bits per heavy atom. The topological polar surface area (TPSA) is 64.3 Å². The average Bonchev–Trinajstić information content (AvgIpc) is 3.33. The van der Waals surface area contributed by atoms with Crippen LogP contribution in [0.4, 0.5) is 4.79 Å².